The summed E-state index contributed by atoms with van der Waals surface area (Å²) in [5.41, 5.74) is 1.05. The minimum Gasteiger partial charge on any atom is -0.494 e. The molecule has 0 radical (unpaired) electrons. The van der Waals surface area contributed by atoms with Gasteiger partial charge in [0.1, 0.15) is 18.3 Å². The van der Waals surface area contributed by atoms with E-state index in [9.17, 15) is 18.0 Å². The van der Waals surface area contributed by atoms with Crippen LogP contribution < -0.4 is 14.4 Å². The summed E-state index contributed by atoms with van der Waals surface area (Å²) in [5, 5.41) is 3.42. The van der Waals surface area contributed by atoms with Crippen LogP contribution in [0.4, 0.5) is 5.69 Å². The number of nitrogens with zero attached hydrogens (tertiary/aromatic N) is 2. The number of carbonyl (C=O) groups is 2. The predicted molar refractivity (Wildman–Crippen MR) is 166 cm³/mol. The number of benzene rings is 3. The van der Waals surface area contributed by atoms with Crippen LogP contribution in [-0.4, -0.2) is 50.9 Å². The molecule has 0 heterocycles. The van der Waals surface area contributed by atoms with Crippen LogP contribution in [0.15, 0.2) is 82.2 Å². The third-order valence-electron chi connectivity index (χ3n) is 6.32. The number of hydrogen-bond donors (Lipinski definition) is 1. The average Bonchev–Trinajstić information content (AvgIpc) is 2.96. The van der Waals surface area contributed by atoms with E-state index in [0.29, 0.717) is 36.0 Å². The highest BCUT2D eigenvalue weighted by atomic mass is 79.9. The first-order valence-corrected chi connectivity index (χ1v) is 16.0. The van der Waals surface area contributed by atoms with Gasteiger partial charge in [-0.1, -0.05) is 53.5 Å². The number of halogens is 2. The van der Waals surface area contributed by atoms with E-state index in [-0.39, 0.29) is 17.3 Å². The van der Waals surface area contributed by atoms with Crippen LogP contribution in [0.25, 0.3) is 0 Å². The molecular weight excluding hydrogens is 630 g/mol. The summed E-state index contributed by atoms with van der Waals surface area (Å²) in [6.07, 6.45) is 1.08. The van der Waals surface area contributed by atoms with Gasteiger partial charge in [0, 0.05) is 22.6 Å². The van der Waals surface area contributed by atoms with Gasteiger partial charge in [0.25, 0.3) is 10.0 Å². The van der Waals surface area contributed by atoms with Crippen molar-refractivity contribution in [2.75, 3.05) is 24.0 Å². The van der Waals surface area contributed by atoms with Gasteiger partial charge >= 0.3 is 0 Å². The smallest absolute Gasteiger partial charge is 0.264 e. The molecule has 0 aliphatic heterocycles. The van der Waals surface area contributed by atoms with E-state index in [1.54, 1.807) is 60.7 Å². The number of nitrogens with one attached hydrogen (secondary N) is 1. The van der Waals surface area contributed by atoms with E-state index >= 15 is 0 Å². The van der Waals surface area contributed by atoms with Gasteiger partial charge < -0.3 is 15.0 Å². The molecule has 0 saturated heterocycles. The summed E-state index contributed by atoms with van der Waals surface area (Å²) >= 11 is 9.40. The molecule has 0 fully saturated rings. The molecule has 0 saturated carbocycles. The third kappa shape index (κ3) is 8.70. The van der Waals surface area contributed by atoms with Crippen molar-refractivity contribution < 1.29 is 22.7 Å². The second-order valence-corrected chi connectivity index (χ2v) is 12.5. The number of amides is 2. The van der Waals surface area contributed by atoms with Crippen LogP contribution in [0.5, 0.6) is 5.75 Å². The molecule has 1 N–H and O–H groups in total. The molecule has 3 aromatic rings. The lowest BCUT2D eigenvalue weighted by Crippen LogP contribution is -2.52. The first kappa shape index (κ1) is 32.4. The monoisotopic (exact) mass is 663 g/mol. The molecule has 0 aliphatic rings. The van der Waals surface area contributed by atoms with E-state index in [1.165, 1.54) is 17.0 Å². The molecular formula is C30H35BrClN3O5S. The first-order chi connectivity index (χ1) is 19.6. The van der Waals surface area contributed by atoms with Crippen molar-refractivity contribution >= 4 is 55.1 Å². The lowest BCUT2D eigenvalue weighted by molar-refractivity contribution is -0.140. The van der Waals surface area contributed by atoms with Gasteiger partial charge in [-0.05, 0) is 86.0 Å². The Morgan fingerprint density at radius 1 is 0.951 bits per heavy atom. The van der Waals surface area contributed by atoms with Gasteiger partial charge in [-0.2, -0.15) is 0 Å². The highest BCUT2D eigenvalue weighted by Gasteiger charge is 2.33. The maximum absolute atomic E-state index is 14.1. The Morgan fingerprint density at radius 2 is 1.59 bits per heavy atom. The Kier molecular flexibility index (Phi) is 12.1. The Morgan fingerprint density at radius 3 is 2.15 bits per heavy atom. The van der Waals surface area contributed by atoms with Crippen molar-refractivity contribution in [3.8, 4) is 5.75 Å². The number of hydrogen-bond acceptors (Lipinski definition) is 5. The van der Waals surface area contributed by atoms with Crippen molar-refractivity contribution in [2.24, 2.45) is 0 Å². The standard InChI is InChI=1S/C30H35BrClN3O5S/c1-4-19-33-30(37)28(5-2)34(20-22-7-11-24(32)12-8-22)29(36)21-35(25-13-15-26(16-14-25)40-6-3)41(38,39)27-17-9-23(31)10-18-27/h7-18,28H,4-6,19-21H2,1-3H3,(H,33,37)/t28-/m1/s1. The minimum absolute atomic E-state index is 0.0272. The van der Waals surface area contributed by atoms with E-state index < -0.39 is 28.5 Å². The summed E-state index contributed by atoms with van der Waals surface area (Å²) in [4.78, 5) is 28.7. The van der Waals surface area contributed by atoms with Crippen LogP contribution in [0.3, 0.4) is 0 Å². The zero-order valence-corrected chi connectivity index (χ0v) is 26.5. The second-order valence-electron chi connectivity index (χ2n) is 9.26. The summed E-state index contributed by atoms with van der Waals surface area (Å²) in [7, 11) is -4.16. The van der Waals surface area contributed by atoms with Gasteiger partial charge in [-0.3, -0.25) is 13.9 Å². The maximum Gasteiger partial charge on any atom is 0.264 e. The number of ether oxygens (including phenoxy) is 1. The van der Waals surface area contributed by atoms with Crippen molar-refractivity contribution in [3.63, 3.8) is 0 Å². The Hall–Kier alpha value is -3.08. The van der Waals surface area contributed by atoms with Crippen molar-refractivity contribution in [3.05, 3.63) is 87.9 Å². The van der Waals surface area contributed by atoms with Gasteiger partial charge in [0.2, 0.25) is 11.8 Å². The fourth-order valence-electron chi connectivity index (χ4n) is 4.21. The maximum atomic E-state index is 14.1. The Bertz CT molecular complexity index is 1400. The predicted octanol–water partition coefficient (Wildman–Crippen LogP) is 6.03. The number of carbonyl (C=O) groups excluding carboxylic acids is 2. The van der Waals surface area contributed by atoms with Crippen LogP contribution >= 0.6 is 27.5 Å². The Labute approximate surface area is 255 Å². The summed E-state index contributed by atoms with van der Waals surface area (Å²) in [6, 6.07) is 18.9. The van der Waals surface area contributed by atoms with Crippen molar-refractivity contribution in [1.29, 1.82) is 0 Å². The molecule has 11 heteroatoms. The van der Waals surface area contributed by atoms with Crippen molar-refractivity contribution in [2.45, 2.75) is 51.1 Å². The van der Waals surface area contributed by atoms with Crippen LogP contribution in [0, 0.1) is 0 Å². The third-order valence-corrected chi connectivity index (χ3v) is 8.89. The fraction of sp³-hybridized carbons (Fsp3) is 0.333. The molecule has 41 heavy (non-hydrogen) atoms. The lowest BCUT2D eigenvalue weighted by atomic mass is 10.1. The quantitative estimate of drug-likeness (QED) is 0.227. The molecule has 3 rings (SSSR count). The molecule has 2 amide bonds. The second kappa shape index (κ2) is 15.2. The van der Waals surface area contributed by atoms with Crippen molar-refractivity contribution in [1.82, 2.24) is 10.2 Å². The highest BCUT2D eigenvalue weighted by Crippen LogP contribution is 2.27. The molecule has 0 bridgehead atoms. The lowest BCUT2D eigenvalue weighted by Gasteiger charge is -2.33. The number of sulfonamides is 1. The molecule has 3 aromatic carbocycles. The fourth-order valence-corrected chi connectivity index (χ4v) is 6.01. The van der Waals surface area contributed by atoms with E-state index in [4.69, 9.17) is 16.3 Å². The summed E-state index contributed by atoms with van der Waals surface area (Å²) < 4.78 is 35.2. The molecule has 0 aliphatic carbocycles. The average molecular weight is 665 g/mol. The van der Waals surface area contributed by atoms with Gasteiger partial charge in [-0.15, -0.1) is 0 Å². The first-order valence-electron chi connectivity index (χ1n) is 13.4. The van der Waals surface area contributed by atoms with E-state index in [0.717, 1.165) is 20.8 Å². The number of rotatable bonds is 14. The van der Waals surface area contributed by atoms with Crippen LogP contribution in [0.2, 0.25) is 5.02 Å². The van der Waals surface area contributed by atoms with Crippen LogP contribution in [0.1, 0.15) is 39.2 Å². The topological polar surface area (TPSA) is 96.0 Å². The van der Waals surface area contributed by atoms with Gasteiger partial charge in [-0.25, -0.2) is 8.42 Å². The van der Waals surface area contributed by atoms with Crippen LogP contribution in [-0.2, 0) is 26.2 Å². The zero-order valence-electron chi connectivity index (χ0n) is 23.3. The molecule has 0 spiro atoms. The number of anilines is 1. The summed E-state index contributed by atoms with van der Waals surface area (Å²) in [6.45, 7) is 6.13. The van der Waals surface area contributed by atoms with Gasteiger partial charge in [0.15, 0.2) is 0 Å². The SMILES string of the molecule is CCCNC(=O)[C@@H](CC)N(Cc1ccc(Cl)cc1)C(=O)CN(c1ccc(OCC)cc1)S(=O)(=O)c1ccc(Br)cc1. The normalized spacial score (nSPS) is 11.9. The molecule has 0 unspecified atom stereocenters. The highest BCUT2D eigenvalue weighted by molar-refractivity contribution is 9.10. The Balaban J connectivity index is 2.04. The van der Waals surface area contributed by atoms with Gasteiger partial charge in [0.05, 0.1) is 17.2 Å². The zero-order chi connectivity index (χ0) is 30.0. The van der Waals surface area contributed by atoms with E-state index in [2.05, 4.69) is 21.2 Å². The largest absolute Gasteiger partial charge is 0.494 e. The molecule has 1 atom stereocenters. The minimum atomic E-state index is -4.16. The molecule has 220 valence electrons. The molecule has 0 aromatic heterocycles. The molecule has 8 nitrogen and oxygen atoms in total. The van der Waals surface area contributed by atoms with E-state index in [1.807, 2.05) is 20.8 Å². The summed E-state index contributed by atoms with van der Waals surface area (Å²) in [5.74, 6) is -0.236.